The quantitative estimate of drug-likeness (QED) is 0.162. The van der Waals surface area contributed by atoms with Crippen LogP contribution in [-0.2, 0) is 14.2 Å². The van der Waals surface area contributed by atoms with E-state index in [0.29, 0.717) is 19.1 Å². The molecule has 0 spiro atoms. The Morgan fingerprint density at radius 3 is 1.92 bits per heavy atom. The van der Waals surface area contributed by atoms with Gasteiger partial charge in [-0.2, -0.15) is 0 Å². The summed E-state index contributed by atoms with van der Waals surface area (Å²) in [5.74, 6) is -0.000961. The fourth-order valence-electron chi connectivity index (χ4n) is 3.35. The van der Waals surface area contributed by atoms with E-state index in [-0.39, 0.29) is 0 Å². The highest BCUT2D eigenvalue weighted by molar-refractivity contribution is 4.76. The molecule has 0 heterocycles. The van der Waals surface area contributed by atoms with Crippen LogP contribution in [0.5, 0.6) is 0 Å². The molecule has 0 N–H and O–H groups in total. The van der Waals surface area contributed by atoms with E-state index in [1.165, 1.54) is 51.2 Å². The summed E-state index contributed by atoms with van der Waals surface area (Å²) in [4.78, 5) is 0. The van der Waals surface area contributed by atoms with Crippen LogP contribution in [0.3, 0.4) is 0 Å². The lowest BCUT2D eigenvalue weighted by molar-refractivity contribution is -0.254. The Bertz CT molecular complexity index is 272. The molecule has 0 amide bonds. The summed E-state index contributed by atoms with van der Waals surface area (Å²) >= 11 is 0. The lowest BCUT2D eigenvalue weighted by atomic mass is 9.88. The zero-order chi connectivity index (χ0) is 18.1. The van der Waals surface area contributed by atoms with E-state index in [9.17, 15) is 0 Å². The minimum atomic E-state index is -0.452. The van der Waals surface area contributed by atoms with E-state index in [1.54, 1.807) is 0 Å². The van der Waals surface area contributed by atoms with Crippen LogP contribution in [0.2, 0.25) is 0 Å². The second-order valence-electron chi connectivity index (χ2n) is 6.67. The van der Waals surface area contributed by atoms with Gasteiger partial charge in [0.2, 0.25) is 0 Å². The Kier molecular flexibility index (Phi) is 15.6. The van der Waals surface area contributed by atoms with Crippen LogP contribution in [0.4, 0.5) is 0 Å². The van der Waals surface area contributed by atoms with Crippen molar-refractivity contribution in [1.29, 1.82) is 0 Å². The van der Waals surface area contributed by atoms with Crippen LogP contribution in [-0.4, -0.2) is 25.6 Å². The molecule has 0 radical (unpaired) electrons. The fourth-order valence-corrected chi connectivity index (χ4v) is 3.35. The molecule has 0 aromatic rings. The van der Waals surface area contributed by atoms with E-state index in [2.05, 4.69) is 34.3 Å². The van der Waals surface area contributed by atoms with Crippen molar-refractivity contribution in [2.75, 3.05) is 19.8 Å². The van der Waals surface area contributed by atoms with Gasteiger partial charge in [0.25, 0.3) is 0 Å². The third-order valence-corrected chi connectivity index (χ3v) is 4.69. The van der Waals surface area contributed by atoms with Crippen LogP contribution in [0.25, 0.3) is 0 Å². The van der Waals surface area contributed by atoms with Crippen LogP contribution >= 0.6 is 0 Å². The van der Waals surface area contributed by atoms with Gasteiger partial charge in [-0.25, -0.2) is 0 Å². The van der Waals surface area contributed by atoms with Crippen molar-refractivity contribution in [1.82, 2.24) is 0 Å². The highest BCUT2D eigenvalue weighted by Crippen LogP contribution is 2.32. The van der Waals surface area contributed by atoms with Crippen LogP contribution in [0.1, 0.15) is 91.9 Å². The molecule has 0 aliphatic carbocycles. The minimum Gasteiger partial charge on any atom is -0.502 e. The molecule has 0 aromatic heterocycles. The molecule has 0 aliphatic heterocycles. The molecule has 1 unspecified atom stereocenters. The Labute approximate surface area is 151 Å². The van der Waals surface area contributed by atoms with Gasteiger partial charge in [-0.15, -0.1) is 0 Å². The summed E-state index contributed by atoms with van der Waals surface area (Å²) in [7, 11) is 0. The van der Waals surface area contributed by atoms with Crippen molar-refractivity contribution in [3.8, 4) is 0 Å². The predicted octanol–water partition coefficient (Wildman–Crippen LogP) is 6.47. The van der Waals surface area contributed by atoms with Gasteiger partial charge < -0.3 is 14.2 Å². The largest absolute Gasteiger partial charge is 0.502 e. The first kappa shape index (κ1) is 23.5. The normalized spacial score (nSPS) is 13.0. The van der Waals surface area contributed by atoms with Crippen molar-refractivity contribution in [3.05, 3.63) is 12.8 Å². The molecule has 0 fully saturated rings. The van der Waals surface area contributed by atoms with Gasteiger partial charge in [-0.1, -0.05) is 52.0 Å². The van der Waals surface area contributed by atoms with Gasteiger partial charge in [0.1, 0.15) is 0 Å². The van der Waals surface area contributed by atoms with Gasteiger partial charge in [0, 0.05) is 19.1 Å². The smallest absolute Gasteiger partial charge is 0.168 e. The average molecular weight is 343 g/mol. The van der Waals surface area contributed by atoms with E-state index < -0.39 is 5.79 Å². The molecule has 1 atom stereocenters. The molecular weight excluding hydrogens is 300 g/mol. The highest BCUT2D eigenvalue weighted by atomic mass is 16.7. The van der Waals surface area contributed by atoms with Gasteiger partial charge in [0.05, 0.1) is 12.9 Å². The van der Waals surface area contributed by atoms with Crippen LogP contribution in [0, 0.1) is 5.92 Å². The Hall–Kier alpha value is -0.540. The predicted molar refractivity (Wildman–Crippen MR) is 103 cm³/mol. The summed E-state index contributed by atoms with van der Waals surface area (Å²) < 4.78 is 17.3. The van der Waals surface area contributed by atoms with Crippen molar-refractivity contribution >= 4 is 0 Å². The van der Waals surface area contributed by atoms with Gasteiger partial charge in [-0.05, 0) is 46.5 Å². The zero-order valence-corrected chi connectivity index (χ0v) is 16.8. The monoisotopic (exact) mass is 342 g/mol. The van der Waals surface area contributed by atoms with E-state index in [4.69, 9.17) is 14.2 Å². The summed E-state index contributed by atoms with van der Waals surface area (Å²) in [6.45, 7) is 14.2. The third-order valence-electron chi connectivity index (χ3n) is 4.69. The molecule has 0 saturated carbocycles. The number of rotatable bonds is 18. The van der Waals surface area contributed by atoms with Crippen molar-refractivity contribution < 1.29 is 14.2 Å². The topological polar surface area (TPSA) is 27.7 Å². The van der Waals surface area contributed by atoms with E-state index in [1.807, 2.05) is 0 Å². The summed E-state index contributed by atoms with van der Waals surface area (Å²) in [5, 5.41) is 0. The van der Waals surface area contributed by atoms with Gasteiger partial charge >= 0.3 is 0 Å². The summed E-state index contributed by atoms with van der Waals surface area (Å²) in [6.07, 6.45) is 14.0. The SMILES string of the molecule is C=COCCCCC(CCCCCCCC)C(C)(OCC)OCC. The Balaban J connectivity index is 4.41. The first-order valence-electron chi connectivity index (χ1n) is 10.1. The second-order valence-corrected chi connectivity index (χ2v) is 6.67. The molecular formula is C21H42O3. The molecule has 24 heavy (non-hydrogen) atoms. The van der Waals surface area contributed by atoms with Crippen molar-refractivity contribution in [2.24, 2.45) is 5.92 Å². The van der Waals surface area contributed by atoms with Crippen molar-refractivity contribution in [2.45, 2.75) is 97.7 Å². The average Bonchev–Trinajstić information content (AvgIpc) is 2.56. The number of ether oxygens (including phenoxy) is 3. The van der Waals surface area contributed by atoms with Crippen LogP contribution < -0.4 is 0 Å². The minimum absolute atomic E-state index is 0.451. The molecule has 0 aromatic carbocycles. The van der Waals surface area contributed by atoms with Gasteiger partial charge in [-0.3, -0.25) is 0 Å². The molecule has 0 rings (SSSR count). The fraction of sp³-hybridized carbons (Fsp3) is 0.905. The Morgan fingerprint density at radius 2 is 1.38 bits per heavy atom. The van der Waals surface area contributed by atoms with Crippen LogP contribution in [0.15, 0.2) is 12.8 Å². The molecule has 0 aliphatic rings. The molecule has 3 nitrogen and oxygen atoms in total. The third kappa shape index (κ3) is 11.1. The Morgan fingerprint density at radius 1 is 0.833 bits per heavy atom. The summed E-state index contributed by atoms with van der Waals surface area (Å²) in [6, 6.07) is 0. The number of unbranched alkanes of at least 4 members (excludes halogenated alkanes) is 6. The van der Waals surface area contributed by atoms with E-state index in [0.717, 1.165) is 25.9 Å². The lowest BCUT2D eigenvalue weighted by Gasteiger charge is -2.37. The molecule has 144 valence electrons. The summed E-state index contributed by atoms with van der Waals surface area (Å²) in [5.41, 5.74) is 0. The molecule has 0 bridgehead atoms. The maximum Gasteiger partial charge on any atom is 0.168 e. The maximum atomic E-state index is 6.04. The first-order valence-corrected chi connectivity index (χ1v) is 10.1. The zero-order valence-electron chi connectivity index (χ0n) is 16.8. The van der Waals surface area contributed by atoms with Crippen molar-refractivity contribution in [3.63, 3.8) is 0 Å². The molecule has 3 heteroatoms. The van der Waals surface area contributed by atoms with Gasteiger partial charge in [0.15, 0.2) is 5.79 Å². The number of hydrogen-bond donors (Lipinski definition) is 0. The highest BCUT2D eigenvalue weighted by Gasteiger charge is 2.34. The van der Waals surface area contributed by atoms with E-state index >= 15 is 0 Å². The lowest BCUT2D eigenvalue weighted by Crippen LogP contribution is -2.41. The standard InChI is InChI=1S/C21H42O3/c1-6-10-11-12-13-14-17-20(18-15-16-19-22-7-2)21(5,23-8-3)24-9-4/h7,20H,2,6,8-19H2,1,3-5H3. The molecule has 0 saturated heterocycles. The first-order chi connectivity index (χ1) is 11.6. The maximum absolute atomic E-state index is 6.04. The second kappa shape index (κ2) is 16.0. The number of hydrogen-bond acceptors (Lipinski definition) is 3.